The van der Waals surface area contributed by atoms with Crippen LogP contribution in [0.3, 0.4) is 0 Å². The maximum Gasteiger partial charge on any atom is 0.278 e. The molecule has 0 bridgehead atoms. The minimum absolute atomic E-state index is 0.103. The molecule has 156 valence electrons. The van der Waals surface area contributed by atoms with E-state index in [1.165, 1.54) is 18.1 Å². The lowest BCUT2D eigenvalue weighted by molar-refractivity contribution is -0.137. The second-order valence-electron chi connectivity index (χ2n) is 6.75. The van der Waals surface area contributed by atoms with Crippen molar-refractivity contribution in [2.24, 2.45) is 0 Å². The molecule has 0 fully saturated rings. The number of hydrogen-bond acceptors (Lipinski definition) is 5. The van der Waals surface area contributed by atoms with E-state index in [0.29, 0.717) is 22.0 Å². The van der Waals surface area contributed by atoms with Crippen LogP contribution in [0.15, 0.2) is 72.7 Å². The fourth-order valence-corrected chi connectivity index (χ4v) is 3.83. The third kappa shape index (κ3) is 4.13. The molecule has 0 saturated heterocycles. The molecule has 0 unspecified atom stereocenters. The number of hydrogen-bond donors (Lipinski definition) is 1. The zero-order valence-corrected chi connectivity index (χ0v) is 17.9. The Hall–Kier alpha value is -3.35. The number of para-hydroxylation sites is 2. The third-order valence-electron chi connectivity index (χ3n) is 4.83. The summed E-state index contributed by atoms with van der Waals surface area (Å²) in [5, 5.41) is 3.79. The molecular formula is C23H17Cl2N3O3. The Balaban J connectivity index is 1.80. The van der Waals surface area contributed by atoms with Gasteiger partial charge in [0, 0.05) is 23.0 Å². The highest BCUT2D eigenvalue weighted by atomic mass is 35.5. The highest BCUT2D eigenvalue weighted by Crippen LogP contribution is 2.37. The summed E-state index contributed by atoms with van der Waals surface area (Å²) in [4.78, 5) is 31.9. The molecule has 0 spiro atoms. The van der Waals surface area contributed by atoms with Crippen molar-refractivity contribution in [3.05, 3.63) is 93.9 Å². The molecule has 3 aromatic rings. The van der Waals surface area contributed by atoms with Gasteiger partial charge in [-0.1, -0.05) is 41.4 Å². The number of ether oxygens (including phenoxy) is 1. The monoisotopic (exact) mass is 453 g/mol. The van der Waals surface area contributed by atoms with Gasteiger partial charge >= 0.3 is 0 Å². The van der Waals surface area contributed by atoms with Crippen LogP contribution in [0.4, 0.5) is 5.69 Å². The average molecular weight is 454 g/mol. The van der Waals surface area contributed by atoms with Gasteiger partial charge in [-0.25, -0.2) is 0 Å². The topological polar surface area (TPSA) is 71.5 Å². The number of rotatable bonds is 6. The number of methoxy groups -OCH3 is 1. The molecule has 1 aliphatic heterocycles. The summed E-state index contributed by atoms with van der Waals surface area (Å²) in [6, 6.07) is 15.4. The van der Waals surface area contributed by atoms with Crippen LogP contribution in [0.2, 0.25) is 10.0 Å². The zero-order valence-electron chi connectivity index (χ0n) is 16.4. The number of anilines is 1. The number of amides is 2. The molecule has 1 aliphatic rings. The van der Waals surface area contributed by atoms with E-state index in [0.717, 1.165) is 5.56 Å². The number of carbonyl (C=O) groups is 2. The molecule has 0 atom stereocenters. The van der Waals surface area contributed by atoms with Gasteiger partial charge in [0.1, 0.15) is 11.4 Å². The Morgan fingerprint density at radius 2 is 1.74 bits per heavy atom. The minimum atomic E-state index is -0.464. The van der Waals surface area contributed by atoms with Gasteiger partial charge in [-0.2, -0.15) is 0 Å². The first kappa shape index (κ1) is 20.9. The summed E-state index contributed by atoms with van der Waals surface area (Å²) in [6.45, 7) is 0.103. The molecule has 4 rings (SSSR count). The van der Waals surface area contributed by atoms with Crippen LogP contribution < -0.4 is 10.1 Å². The lowest BCUT2D eigenvalue weighted by atomic mass is 10.0. The lowest BCUT2D eigenvalue weighted by Crippen LogP contribution is -2.32. The van der Waals surface area contributed by atoms with Crippen molar-refractivity contribution in [2.75, 3.05) is 12.4 Å². The standard InChI is InChI=1S/C23H17Cl2N3O3/c1-31-19-5-3-2-4-18(19)27-21-20(16-7-6-15(24)12-17(16)25)22(29)28(23(21)30)13-14-8-10-26-11-9-14/h2-12,27H,13H2,1H3. The summed E-state index contributed by atoms with van der Waals surface area (Å²) in [5.74, 6) is -0.387. The molecule has 1 N–H and O–H groups in total. The van der Waals surface area contributed by atoms with Crippen molar-refractivity contribution < 1.29 is 14.3 Å². The fourth-order valence-electron chi connectivity index (χ4n) is 3.33. The average Bonchev–Trinajstić information content (AvgIpc) is 2.99. The Morgan fingerprint density at radius 1 is 1.00 bits per heavy atom. The number of carbonyl (C=O) groups excluding carboxylic acids is 2. The summed E-state index contributed by atoms with van der Waals surface area (Å²) in [6.07, 6.45) is 3.22. The molecule has 2 aromatic carbocycles. The normalized spacial score (nSPS) is 13.7. The van der Waals surface area contributed by atoms with Crippen LogP contribution in [0.25, 0.3) is 5.57 Å². The Labute approximate surface area is 189 Å². The van der Waals surface area contributed by atoms with Crippen molar-refractivity contribution in [1.29, 1.82) is 0 Å². The first-order chi connectivity index (χ1) is 15.0. The van der Waals surface area contributed by atoms with Crippen LogP contribution in [0.5, 0.6) is 5.75 Å². The summed E-state index contributed by atoms with van der Waals surface area (Å²) < 4.78 is 5.38. The molecule has 8 heteroatoms. The number of halogens is 2. The number of benzene rings is 2. The number of pyridine rings is 1. The summed E-state index contributed by atoms with van der Waals surface area (Å²) in [7, 11) is 1.53. The van der Waals surface area contributed by atoms with Gasteiger partial charge in [-0.05, 0) is 42.0 Å². The predicted molar refractivity (Wildman–Crippen MR) is 120 cm³/mol. The molecule has 0 radical (unpaired) electrons. The van der Waals surface area contributed by atoms with Gasteiger partial charge in [0.2, 0.25) is 0 Å². The van der Waals surface area contributed by atoms with Crippen LogP contribution in [0.1, 0.15) is 11.1 Å². The fraction of sp³-hybridized carbons (Fsp3) is 0.0870. The maximum absolute atomic E-state index is 13.4. The molecule has 0 aliphatic carbocycles. The number of imide groups is 1. The zero-order chi connectivity index (χ0) is 22.0. The van der Waals surface area contributed by atoms with E-state index in [2.05, 4.69) is 10.3 Å². The third-order valence-corrected chi connectivity index (χ3v) is 5.37. The van der Waals surface area contributed by atoms with Gasteiger partial charge in [-0.3, -0.25) is 19.5 Å². The second kappa shape index (κ2) is 8.79. The first-order valence-corrected chi connectivity index (χ1v) is 10.1. The number of nitrogens with one attached hydrogen (secondary N) is 1. The van der Waals surface area contributed by atoms with Gasteiger partial charge in [0.25, 0.3) is 11.8 Å². The van der Waals surface area contributed by atoms with Crippen LogP contribution in [0, 0.1) is 0 Å². The molecule has 2 amide bonds. The minimum Gasteiger partial charge on any atom is -0.495 e. The van der Waals surface area contributed by atoms with E-state index in [9.17, 15) is 9.59 Å². The van der Waals surface area contributed by atoms with Crippen molar-refractivity contribution in [1.82, 2.24) is 9.88 Å². The van der Waals surface area contributed by atoms with Crippen LogP contribution in [-0.2, 0) is 16.1 Å². The molecule has 0 saturated carbocycles. The largest absolute Gasteiger partial charge is 0.495 e. The Morgan fingerprint density at radius 3 is 2.45 bits per heavy atom. The van der Waals surface area contributed by atoms with Gasteiger partial charge < -0.3 is 10.1 Å². The van der Waals surface area contributed by atoms with E-state index in [1.54, 1.807) is 54.9 Å². The summed E-state index contributed by atoms with van der Waals surface area (Å²) >= 11 is 12.4. The molecule has 2 heterocycles. The van der Waals surface area contributed by atoms with Gasteiger partial charge in [-0.15, -0.1) is 0 Å². The Bertz CT molecular complexity index is 1200. The number of aromatic nitrogens is 1. The van der Waals surface area contributed by atoms with Crippen molar-refractivity contribution in [3.8, 4) is 5.75 Å². The number of nitrogens with zero attached hydrogens (tertiary/aromatic N) is 2. The van der Waals surface area contributed by atoms with Crippen molar-refractivity contribution in [3.63, 3.8) is 0 Å². The van der Waals surface area contributed by atoms with E-state index in [-0.39, 0.29) is 22.8 Å². The molecular weight excluding hydrogens is 437 g/mol. The van der Waals surface area contributed by atoms with Crippen molar-refractivity contribution in [2.45, 2.75) is 6.54 Å². The van der Waals surface area contributed by atoms with E-state index < -0.39 is 11.8 Å². The van der Waals surface area contributed by atoms with E-state index in [4.69, 9.17) is 27.9 Å². The van der Waals surface area contributed by atoms with Crippen LogP contribution in [-0.4, -0.2) is 28.8 Å². The lowest BCUT2D eigenvalue weighted by Gasteiger charge is -2.16. The molecule has 6 nitrogen and oxygen atoms in total. The van der Waals surface area contributed by atoms with Crippen LogP contribution >= 0.6 is 23.2 Å². The van der Waals surface area contributed by atoms with Crippen molar-refractivity contribution >= 4 is 46.3 Å². The SMILES string of the molecule is COc1ccccc1NC1=C(c2ccc(Cl)cc2Cl)C(=O)N(Cc2ccncc2)C1=O. The highest BCUT2D eigenvalue weighted by Gasteiger charge is 2.40. The highest BCUT2D eigenvalue weighted by molar-refractivity contribution is 6.41. The first-order valence-electron chi connectivity index (χ1n) is 9.34. The summed E-state index contributed by atoms with van der Waals surface area (Å²) in [5.41, 5.74) is 2.03. The molecule has 31 heavy (non-hydrogen) atoms. The Kier molecular flexibility index (Phi) is 5.93. The second-order valence-corrected chi connectivity index (χ2v) is 7.59. The molecule has 1 aromatic heterocycles. The smallest absolute Gasteiger partial charge is 0.278 e. The van der Waals surface area contributed by atoms with Gasteiger partial charge in [0.05, 0.1) is 29.9 Å². The predicted octanol–water partition coefficient (Wildman–Crippen LogP) is 4.79. The van der Waals surface area contributed by atoms with E-state index in [1.807, 2.05) is 6.07 Å². The van der Waals surface area contributed by atoms with E-state index >= 15 is 0 Å². The van der Waals surface area contributed by atoms with Gasteiger partial charge in [0.15, 0.2) is 0 Å². The maximum atomic E-state index is 13.4. The quantitative estimate of drug-likeness (QED) is 0.543.